The Morgan fingerprint density at radius 1 is 1.11 bits per heavy atom. The van der Waals surface area contributed by atoms with Gasteiger partial charge in [-0.05, 0) is 22.8 Å². The number of hydrogen-bond donors (Lipinski definition) is 2. The summed E-state index contributed by atoms with van der Waals surface area (Å²) < 4.78 is 5.03. The molecule has 90 valence electrons. The monoisotopic (exact) mass is 240 g/mol. The highest BCUT2D eigenvalue weighted by Crippen LogP contribution is 2.43. The number of benzene rings is 2. The number of anilines is 1. The first-order chi connectivity index (χ1) is 8.66. The Bertz CT molecular complexity index is 650. The summed E-state index contributed by atoms with van der Waals surface area (Å²) >= 11 is 0. The lowest BCUT2D eigenvalue weighted by Crippen LogP contribution is -2.18. The van der Waals surface area contributed by atoms with Crippen LogP contribution in [-0.2, 0) is 6.42 Å². The quantitative estimate of drug-likeness (QED) is 0.640. The number of fused-ring (bicyclic) bond motifs is 3. The third-order valence-electron chi connectivity index (χ3n) is 3.17. The van der Waals surface area contributed by atoms with Gasteiger partial charge in [0.05, 0.1) is 5.69 Å². The zero-order valence-electron chi connectivity index (χ0n) is 9.64. The molecule has 0 saturated carbocycles. The van der Waals surface area contributed by atoms with Crippen molar-refractivity contribution in [1.29, 1.82) is 0 Å². The molecule has 0 heterocycles. The number of rotatable bonds is 1. The average Bonchev–Trinajstić information content (AvgIpc) is 2.71. The summed E-state index contributed by atoms with van der Waals surface area (Å²) in [5.74, 6) is 0.385. The molecule has 0 fully saturated rings. The smallest absolute Gasteiger partial charge is 0.408 e. The maximum atomic E-state index is 10.9. The molecule has 0 spiro atoms. The Morgan fingerprint density at radius 2 is 1.89 bits per heavy atom. The van der Waals surface area contributed by atoms with Crippen LogP contribution in [0, 0.1) is 0 Å². The number of hydrogen-bond acceptors (Lipinski definition) is 3. The molecule has 1 amide bonds. The second-order valence-electron chi connectivity index (χ2n) is 4.27. The van der Waals surface area contributed by atoms with E-state index in [1.54, 1.807) is 6.07 Å². The lowest BCUT2D eigenvalue weighted by Gasteiger charge is -2.10. The van der Waals surface area contributed by atoms with Gasteiger partial charge in [0.2, 0.25) is 0 Å². The van der Waals surface area contributed by atoms with Gasteiger partial charge in [-0.25, -0.2) is 4.79 Å². The van der Waals surface area contributed by atoms with E-state index in [0.717, 1.165) is 16.7 Å². The van der Waals surface area contributed by atoms with Gasteiger partial charge >= 0.3 is 6.09 Å². The van der Waals surface area contributed by atoms with Gasteiger partial charge in [-0.1, -0.05) is 30.3 Å². The molecule has 0 aliphatic heterocycles. The highest BCUT2D eigenvalue weighted by Gasteiger charge is 2.23. The van der Waals surface area contributed by atoms with Crippen LogP contribution in [-0.4, -0.2) is 6.09 Å². The molecule has 4 N–H and O–H groups in total. The number of carbonyl (C=O) groups excluding carboxylic acids is 1. The number of ether oxygens (including phenoxy) is 1. The Balaban J connectivity index is 2.19. The topological polar surface area (TPSA) is 78.3 Å². The lowest BCUT2D eigenvalue weighted by atomic mass is 10.0. The molecular formula is C14H12N2O2. The fraction of sp³-hybridized carbons (Fsp3) is 0.0714. The van der Waals surface area contributed by atoms with E-state index < -0.39 is 6.09 Å². The summed E-state index contributed by atoms with van der Waals surface area (Å²) in [5, 5.41) is 0. The highest BCUT2D eigenvalue weighted by molar-refractivity contribution is 5.84. The standard InChI is InChI=1S/C14H12N2O2/c15-12-6-5-10-9-4-2-1-3-8(9)7-11(10)13(12)18-14(16)17/h1-6H,7,15H2,(H2,16,17). The Morgan fingerprint density at radius 3 is 2.67 bits per heavy atom. The van der Waals surface area contributed by atoms with Gasteiger partial charge in [0.15, 0.2) is 5.75 Å². The van der Waals surface area contributed by atoms with Gasteiger partial charge in [0, 0.05) is 12.0 Å². The van der Waals surface area contributed by atoms with E-state index in [1.807, 2.05) is 24.3 Å². The number of carbonyl (C=O) groups is 1. The number of primary amides is 1. The molecule has 2 aromatic carbocycles. The SMILES string of the molecule is NC(=O)Oc1c(N)ccc2c1Cc1ccccc1-2. The summed E-state index contributed by atoms with van der Waals surface area (Å²) in [6.45, 7) is 0. The van der Waals surface area contributed by atoms with E-state index >= 15 is 0 Å². The van der Waals surface area contributed by atoms with Crippen LogP contribution in [0.15, 0.2) is 36.4 Å². The summed E-state index contributed by atoms with van der Waals surface area (Å²) in [7, 11) is 0. The fourth-order valence-corrected chi connectivity index (χ4v) is 2.42. The first kappa shape index (κ1) is 10.7. The van der Waals surface area contributed by atoms with Crippen LogP contribution in [0.2, 0.25) is 0 Å². The van der Waals surface area contributed by atoms with Gasteiger partial charge in [-0.2, -0.15) is 0 Å². The van der Waals surface area contributed by atoms with E-state index in [9.17, 15) is 4.79 Å². The van der Waals surface area contributed by atoms with Crippen LogP contribution in [0.25, 0.3) is 11.1 Å². The minimum atomic E-state index is -0.842. The van der Waals surface area contributed by atoms with Crippen LogP contribution < -0.4 is 16.2 Å². The largest absolute Gasteiger partial charge is 0.410 e. The summed E-state index contributed by atoms with van der Waals surface area (Å²) in [4.78, 5) is 10.9. The predicted molar refractivity (Wildman–Crippen MR) is 69.3 cm³/mol. The normalized spacial score (nSPS) is 11.8. The number of amides is 1. The lowest BCUT2D eigenvalue weighted by molar-refractivity contribution is 0.211. The van der Waals surface area contributed by atoms with E-state index in [1.165, 1.54) is 5.56 Å². The molecule has 2 aromatic rings. The molecule has 0 radical (unpaired) electrons. The van der Waals surface area contributed by atoms with Crippen LogP contribution in [0.1, 0.15) is 11.1 Å². The third-order valence-corrected chi connectivity index (χ3v) is 3.17. The maximum Gasteiger partial charge on any atom is 0.410 e. The number of nitrogen functional groups attached to an aromatic ring is 1. The Hall–Kier alpha value is -2.49. The molecule has 18 heavy (non-hydrogen) atoms. The Kier molecular flexibility index (Phi) is 2.23. The maximum absolute atomic E-state index is 10.9. The van der Waals surface area contributed by atoms with Gasteiger partial charge < -0.3 is 16.2 Å². The van der Waals surface area contributed by atoms with Gasteiger partial charge in [0.1, 0.15) is 0 Å². The molecule has 1 aliphatic rings. The van der Waals surface area contributed by atoms with Crippen molar-refractivity contribution >= 4 is 11.8 Å². The van der Waals surface area contributed by atoms with E-state index in [2.05, 4.69) is 6.07 Å². The van der Waals surface area contributed by atoms with Gasteiger partial charge in [-0.15, -0.1) is 0 Å². The molecule has 3 rings (SSSR count). The average molecular weight is 240 g/mol. The first-order valence-corrected chi connectivity index (χ1v) is 5.63. The second-order valence-corrected chi connectivity index (χ2v) is 4.27. The van der Waals surface area contributed by atoms with E-state index in [0.29, 0.717) is 17.9 Å². The van der Waals surface area contributed by atoms with Crippen molar-refractivity contribution in [3.63, 3.8) is 0 Å². The van der Waals surface area contributed by atoms with Crippen molar-refractivity contribution in [2.45, 2.75) is 6.42 Å². The van der Waals surface area contributed by atoms with Crippen molar-refractivity contribution < 1.29 is 9.53 Å². The first-order valence-electron chi connectivity index (χ1n) is 5.63. The van der Waals surface area contributed by atoms with Gasteiger partial charge in [-0.3, -0.25) is 0 Å². The third kappa shape index (κ3) is 1.50. The molecule has 0 atom stereocenters. The summed E-state index contributed by atoms with van der Waals surface area (Å²) in [6, 6.07) is 11.8. The minimum Gasteiger partial charge on any atom is -0.408 e. The van der Waals surface area contributed by atoms with Crippen LogP contribution in [0.5, 0.6) is 5.75 Å². The molecule has 0 aromatic heterocycles. The summed E-state index contributed by atoms with van der Waals surface area (Å²) in [6.07, 6.45) is -0.134. The predicted octanol–water partition coefficient (Wildman–Crippen LogP) is 2.30. The van der Waals surface area contributed by atoms with E-state index in [-0.39, 0.29) is 0 Å². The molecule has 0 unspecified atom stereocenters. The zero-order chi connectivity index (χ0) is 12.7. The Labute approximate surface area is 104 Å². The fourth-order valence-electron chi connectivity index (χ4n) is 2.42. The van der Waals surface area contributed by atoms with Crippen molar-refractivity contribution in [2.75, 3.05) is 5.73 Å². The summed E-state index contributed by atoms with van der Waals surface area (Å²) in [5.41, 5.74) is 15.7. The van der Waals surface area contributed by atoms with Crippen LogP contribution >= 0.6 is 0 Å². The van der Waals surface area contributed by atoms with Crippen molar-refractivity contribution in [1.82, 2.24) is 0 Å². The zero-order valence-corrected chi connectivity index (χ0v) is 9.64. The second kappa shape index (κ2) is 3.77. The van der Waals surface area contributed by atoms with Crippen molar-refractivity contribution in [2.24, 2.45) is 5.73 Å². The van der Waals surface area contributed by atoms with Crippen molar-refractivity contribution in [3.8, 4) is 16.9 Å². The van der Waals surface area contributed by atoms with Crippen LogP contribution in [0.3, 0.4) is 0 Å². The number of nitrogens with two attached hydrogens (primary N) is 2. The molecule has 0 bridgehead atoms. The van der Waals surface area contributed by atoms with Crippen LogP contribution in [0.4, 0.5) is 10.5 Å². The molecular weight excluding hydrogens is 228 g/mol. The molecule has 4 heteroatoms. The molecule has 1 aliphatic carbocycles. The minimum absolute atomic E-state index is 0.385. The highest BCUT2D eigenvalue weighted by atomic mass is 16.5. The molecule has 4 nitrogen and oxygen atoms in total. The molecule has 0 saturated heterocycles. The van der Waals surface area contributed by atoms with E-state index in [4.69, 9.17) is 16.2 Å². The van der Waals surface area contributed by atoms with Crippen molar-refractivity contribution in [3.05, 3.63) is 47.5 Å². The van der Waals surface area contributed by atoms with Gasteiger partial charge in [0.25, 0.3) is 0 Å².